The van der Waals surface area contributed by atoms with Gasteiger partial charge in [-0.15, -0.1) is 24.8 Å². The SMILES string of the molecule is COc1nc(C2CC2)nc(OC(C)C)c1CN1C[C@@H]2CN(C(=O)[C@H]3CCCO3)CCN2[C@H](C(c2ccccc2)c2ccccc2)C1.Cl.Cl. The Balaban J connectivity index is 0.00000225. The number of amides is 1. The molecule has 3 saturated heterocycles. The number of carbonyl (C=O) groups excluding carboxylic acids is 1. The zero-order chi connectivity index (χ0) is 31.6. The second-order valence-electron chi connectivity index (χ2n) is 13.6. The van der Waals surface area contributed by atoms with Crippen molar-refractivity contribution >= 4 is 30.7 Å². The lowest BCUT2D eigenvalue weighted by Crippen LogP contribution is -2.67. The number of benzene rings is 2. The summed E-state index contributed by atoms with van der Waals surface area (Å²) in [7, 11) is 1.69. The summed E-state index contributed by atoms with van der Waals surface area (Å²) in [5.41, 5.74) is 3.50. The maximum Gasteiger partial charge on any atom is 0.251 e. The van der Waals surface area contributed by atoms with Crippen LogP contribution in [0.15, 0.2) is 60.7 Å². The van der Waals surface area contributed by atoms with Gasteiger partial charge in [-0.05, 0) is 50.7 Å². The first kappa shape index (κ1) is 36.3. The van der Waals surface area contributed by atoms with E-state index in [2.05, 4.69) is 75.4 Å². The van der Waals surface area contributed by atoms with E-state index in [0.29, 0.717) is 37.4 Å². The summed E-state index contributed by atoms with van der Waals surface area (Å²) < 4.78 is 18.1. The van der Waals surface area contributed by atoms with Crippen LogP contribution in [0.25, 0.3) is 0 Å². The maximum atomic E-state index is 13.5. The molecule has 4 fully saturated rings. The molecule has 2 aromatic carbocycles. The minimum absolute atomic E-state index is 0. The summed E-state index contributed by atoms with van der Waals surface area (Å²) in [5, 5.41) is 0. The molecule has 4 aliphatic rings. The molecule has 3 aliphatic heterocycles. The van der Waals surface area contributed by atoms with Crippen molar-refractivity contribution in [2.45, 2.75) is 82.2 Å². The van der Waals surface area contributed by atoms with Gasteiger partial charge in [0, 0.05) is 69.8 Å². The van der Waals surface area contributed by atoms with Crippen LogP contribution >= 0.6 is 24.8 Å². The smallest absolute Gasteiger partial charge is 0.251 e. The quantitative estimate of drug-likeness (QED) is 0.267. The van der Waals surface area contributed by atoms with E-state index >= 15 is 0 Å². The lowest BCUT2D eigenvalue weighted by Gasteiger charge is -2.53. The molecule has 260 valence electrons. The molecule has 0 spiro atoms. The Morgan fingerprint density at radius 2 is 1.56 bits per heavy atom. The molecule has 3 atom stereocenters. The van der Waals surface area contributed by atoms with Gasteiger partial charge in [0.1, 0.15) is 11.9 Å². The normalized spacial score (nSPS) is 22.9. The molecule has 0 radical (unpaired) electrons. The van der Waals surface area contributed by atoms with Crippen molar-refractivity contribution in [1.82, 2.24) is 24.7 Å². The summed E-state index contributed by atoms with van der Waals surface area (Å²) in [4.78, 5) is 30.6. The zero-order valence-corrected chi connectivity index (χ0v) is 29.8. The number of hydrogen-bond acceptors (Lipinski definition) is 8. The predicted octanol–water partition coefficient (Wildman–Crippen LogP) is 5.70. The molecule has 11 heteroatoms. The fraction of sp³-hybridized carbons (Fsp3) is 0.541. The van der Waals surface area contributed by atoms with Gasteiger partial charge >= 0.3 is 0 Å². The first-order valence-corrected chi connectivity index (χ1v) is 17.1. The Kier molecular flexibility index (Phi) is 12.2. The van der Waals surface area contributed by atoms with E-state index in [0.717, 1.165) is 63.3 Å². The van der Waals surface area contributed by atoms with Crippen LogP contribution in [-0.4, -0.2) is 101 Å². The first-order valence-electron chi connectivity index (χ1n) is 17.1. The number of rotatable bonds is 10. The van der Waals surface area contributed by atoms with Crippen molar-refractivity contribution in [3.8, 4) is 11.8 Å². The van der Waals surface area contributed by atoms with E-state index in [1.807, 2.05) is 13.8 Å². The fourth-order valence-corrected chi connectivity index (χ4v) is 7.60. The molecular weight excluding hydrogens is 649 g/mol. The Morgan fingerprint density at radius 3 is 2.15 bits per heavy atom. The number of carbonyl (C=O) groups is 1. The predicted molar refractivity (Wildman–Crippen MR) is 191 cm³/mol. The average molecular weight is 699 g/mol. The number of hydrogen-bond donors (Lipinski definition) is 0. The third kappa shape index (κ3) is 7.92. The van der Waals surface area contributed by atoms with Crippen molar-refractivity contribution in [1.29, 1.82) is 0 Å². The van der Waals surface area contributed by atoms with Gasteiger partial charge in [0.15, 0.2) is 0 Å². The van der Waals surface area contributed by atoms with Gasteiger partial charge in [0.25, 0.3) is 5.91 Å². The molecule has 0 bridgehead atoms. The molecule has 4 heterocycles. The van der Waals surface area contributed by atoms with Gasteiger partial charge in [0.2, 0.25) is 11.8 Å². The highest BCUT2D eigenvalue weighted by Crippen LogP contribution is 2.42. The van der Waals surface area contributed by atoms with Crippen molar-refractivity contribution in [2.24, 2.45) is 0 Å². The average Bonchev–Trinajstić information content (AvgIpc) is 3.79. The van der Waals surface area contributed by atoms with Crippen molar-refractivity contribution < 1.29 is 19.0 Å². The van der Waals surface area contributed by atoms with Crippen LogP contribution in [0, 0.1) is 0 Å². The van der Waals surface area contributed by atoms with E-state index in [-0.39, 0.29) is 60.9 Å². The summed E-state index contributed by atoms with van der Waals surface area (Å²) in [6.07, 6.45) is 3.66. The minimum Gasteiger partial charge on any atom is -0.481 e. The number of nitrogens with zero attached hydrogens (tertiary/aromatic N) is 5. The topological polar surface area (TPSA) is 80.3 Å². The first-order chi connectivity index (χ1) is 22.5. The molecule has 48 heavy (non-hydrogen) atoms. The lowest BCUT2D eigenvalue weighted by molar-refractivity contribution is -0.146. The lowest BCUT2D eigenvalue weighted by atomic mass is 9.81. The Hall–Kier alpha value is -2.95. The summed E-state index contributed by atoms with van der Waals surface area (Å²) in [6, 6.07) is 22.1. The number of aromatic nitrogens is 2. The molecule has 1 saturated carbocycles. The Bertz CT molecular complexity index is 1450. The van der Waals surface area contributed by atoms with Gasteiger partial charge in [-0.25, -0.2) is 0 Å². The monoisotopic (exact) mass is 697 g/mol. The van der Waals surface area contributed by atoms with Crippen LogP contribution in [0.2, 0.25) is 0 Å². The van der Waals surface area contributed by atoms with E-state index in [4.69, 9.17) is 24.2 Å². The standard InChI is InChI=1S/C37H47N5O4.2ClH/c1-25(2)46-36-30(35(44-3)38-34(39-36)28-16-17-28)23-40-21-29-22-41(37(43)32-15-10-20-45-32)18-19-42(29)31(24-40)33(26-11-6-4-7-12-26)27-13-8-5-9-14-27;;/h4-9,11-14,25,28-29,31-33H,10,15-24H2,1-3H3;2*1H/t29-,31+,32-;;/m1../s1. The van der Waals surface area contributed by atoms with Crippen LogP contribution in [0.1, 0.15) is 73.9 Å². The minimum atomic E-state index is -0.300. The van der Waals surface area contributed by atoms with Crippen LogP contribution in [0.3, 0.4) is 0 Å². The van der Waals surface area contributed by atoms with E-state index in [1.54, 1.807) is 7.11 Å². The highest BCUT2D eigenvalue weighted by Gasteiger charge is 2.44. The summed E-state index contributed by atoms with van der Waals surface area (Å²) in [6.45, 7) is 9.26. The summed E-state index contributed by atoms with van der Waals surface area (Å²) >= 11 is 0. The van der Waals surface area contributed by atoms with E-state index in [9.17, 15) is 4.79 Å². The summed E-state index contributed by atoms with van der Waals surface area (Å²) in [5.74, 6) is 2.75. The molecular formula is C37H49Cl2N5O4. The Morgan fingerprint density at radius 1 is 0.896 bits per heavy atom. The van der Waals surface area contributed by atoms with Crippen molar-refractivity contribution in [3.05, 3.63) is 83.2 Å². The molecule has 7 rings (SSSR count). The molecule has 0 unspecified atom stereocenters. The van der Waals surface area contributed by atoms with Gasteiger partial charge in [-0.1, -0.05) is 60.7 Å². The van der Waals surface area contributed by atoms with Crippen LogP contribution in [-0.2, 0) is 16.1 Å². The second kappa shape index (κ2) is 16.2. The van der Waals surface area contributed by atoms with E-state index < -0.39 is 0 Å². The fourth-order valence-electron chi connectivity index (χ4n) is 7.60. The number of fused-ring (bicyclic) bond motifs is 1. The molecule has 1 aliphatic carbocycles. The van der Waals surface area contributed by atoms with Gasteiger partial charge in [-0.2, -0.15) is 9.97 Å². The molecule has 3 aromatic rings. The molecule has 1 amide bonds. The highest BCUT2D eigenvalue weighted by atomic mass is 35.5. The van der Waals surface area contributed by atoms with E-state index in [1.165, 1.54) is 11.1 Å². The number of ether oxygens (including phenoxy) is 3. The van der Waals surface area contributed by atoms with Crippen LogP contribution in [0.4, 0.5) is 0 Å². The number of methoxy groups -OCH3 is 1. The largest absolute Gasteiger partial charge is 0.481 e. The maximum absolute atomic E-state index is 13.5. The molecule has 0 N–H and O–H groups in total. The third-order valence-corrected chi connectivity index (χ3v) is 9.90. The highest BCUT2D eigenvalue weighted by molar-refractivity contribution is 5.85. The molecule has 9 nitrogen and oxygen atoms in total. The number of piperazine rings is 2. The second-order valence-corrected chi connectivity index (χ2v) is 13.6. The third-order valence-electron chi connectivity index (χ3n) is 9.90. The number of halogens is 2. The van der Waals surface area contributed by atoms with Gasteiger partial charge in [-0.3, -0.25) is 14.6 Å². The van der Waals surface area contributed by atoms with Crippen LogP contribution in [0.5, 0.6) is 11.8 Å². The van der Waals surface area contributed by atoms with Crippen LogP contribution < -0.4 is 9.47 Å². The Labute approximate surface area is 297 Å². The van der Waals surface area contributed by atoms with Crippen molar-refractivity contribution in [3.63, 3.8) is 0 Å². The zero-order valence-electron chi connectivity index (χ0n) is 28.2. The van der Waals surface area contributed by atoms with Gasteiger partial charge in [0.05, 0.1) is 18.8 Å². The van der Waals surface area contributed by atoms with Gasteiger partial charge < -0.3 is 19.1 Å². The molecule has 1 aromatic heterocycles. The van der Waals surface area contributed by atoms with Crippen molar-refractivity contribution in [2.75, 3.05) is 46.4 Å².